The molecule has 2 aliphatic rings. The van der Waals surface area contributed by atoms with Gasteiger partial charge in [-0.2, -0.15) is 0 Å². The summed E-state index contributed by atoms with van der Waals surface area (Å²) in [5.74, 6) is -0.450. The number of fused-ring (bicyclic) bond motifs is 1. The van der Waals surface area contributed by atoms with E-state index in [1.165, 1.54) is 0 Å². The molecular weight excluding hydrogens is 274 g/mol. The largest absolute Gasteiger partial charge is 0.493 e. The number of benzene rings is 1. The summed E-state index contributed by atoms with van der Waals surface area (Å²) in [6.07, 6.45) is 1.12. The fraction of sp³-hybridized carbons (Fsp3) is 0.467. The molecule has 2 N–H and O–H groups in total. The van der Waals surface area contributed by atoms with Crippen molar-refractivity contribution in [1.29, 1.82) is 0 Å². The number of amides is 1. The lowest BCUT2D eigenvalue weighted by molar-refractivity contribution is -0.150. The highest BCUT2D eigenvalue weighted by atomic mass is 16.5. The van der Waals surface area contributed by atoms with Crippen LogP contribution in [0.5, 0.6) is 5.75 Å². The quantitative estimate of drug-likeness (QED) is 0.883. The van der Waals surface area contributed by atoms with Gasteiger partial charge >= 0.3 is 5.97 Å². The zero-order valence-electron chi connectivity index (χ0n) is 11.5. The average Bonchev–Trinajstić information content (AvgIpc) is 2.97. The molecule has 1 fully saturated rings. The van der Waals surface area contributed by atoms with Crippen molar-refractivity contribution in [2.45, 2.75) is 37.9 Å². The first kappa shape index (κ1) is 13.9. The summed E-state index contributed by atoms with van der Waals surface area (Å²) in [5.41, 5.74) is 1.77. The lowest BCUT2D eigenvalue weighted by Crippen LogP contribution is -2.30. The Morgan fingerprint density at radius 3 is 2.81 bits per heavy atom. The van der Waals surface area contributed by atoms with Gasteiger partial charge in [0.15, 0.2) is 6.10 Å². The van der Waals surface area contributed by atoms with Crippen LogP contribution in [0.25, 0.3) is 0 Å². The molecule has 0 aliphatic carbocycles. The van der Waals surface area contributed by atoms with E-state index in [-0.39, 0.29) is 5.91 Å². The molecule has 1 aromatic carbocycles. The molecule has 21 heavy (non-hydrogen) atoms. The smallest absolute Gasteiger partial charge is 0.332 e. The molecule has 6 heteroatoms. The van der Waals surface area contributed by atoms with Gasteiger partial charge in [0.05, 0.1) is 6.61 Å². The molecule has 0 aromatic heterocycles. The van der Waals surface area contributed by atoms with Crippen molar-refractivity contribution < 1.29 is 24.2 Å². The third-order valence-electron chi connectivity index (χ3n) is 3.76. The fourth-order valence-corrected chi connectivity index (χ4v) is 2.67. The van der Waals surface area contributed by atoms with Gasteiger partial charge in [-0.05, 0) is 49.4 Å². The van der Waals surface area contributed by atoms with Gasteiger partial charge in [-0.25, -0.2) is 4.79 Å². The molecule has 1 amide bonds. The van der Waals surface area contributed by atoms with Gasteiger partial charge in [0.2, 0.25) is 0 Å². The van der Waals surface area contributed by atoms with Gasteiger partial charge in [-0.15, -0.1) is 0 Å². The SMILES string of the molecule is O=C(Nc1ccc2c(c1)CCCO2)[C@@H]1CC[C@H](C(=O)O)O1. The molecule has 3 rings (SSSR count). The topological polar surface area (TPSA) is 84.9 Å². The molecule has 112 valence electrons. The molecule has 0 bridgehead atoms. The van der Waals surface area contributed by atoms with Crippen LogP contribution in [0.1, 0.15) is 24.8 Å². The molecule has 2 atom stereocenters. The summed E-state index contributed by atoms with van der Waals surface area (Å²) in [6, 6.07) is 5.53. The van der Waals surface area contributed by atoms with E-state index in [4.69, 9.17) is 14.6 Å². The first-order chi connectivity index (χ1) is 10.1. The van der Waals surface area contributed by atoms with Gasteiger partial charge in [0.25, 0.3) is 5.91 Å². The highest BCUT2D eigenvalue weighted by molar-refractivity contribution is 5.95. The number of rotatable bonds is 3. The van der Waals surface area contributed by atoms with E-state index in [1.807, 2.05) is 12.1 Å². The Kier molecular flexibility index (Phi) is 3.79. The standard InChI is InChI=1S/C15H17NO5/c17-14(12-5-6-13(21-12)15(18)19)16-10-3-4-11-9(8-10)2-1-7-20-11/h3-4,8,12-13H,1-2,5-7H2,(H,16,17)(H,18,19)/t12-,13+/m0/s1. The van der Waals surface area contributed by atoms with Crippen LogP contribution < -0.4 is 10.1 Å². The van der Waals surface area contributed by atoms with E-state index in [9.17, 15) is 9.59 Å². The Morgan fingerprint density at radius 2 is 2.05 bits per heavy atom. The molecule has 0 saturated carbocycles. The van der Waals surface area contributed by atoms with E-state index >= 15 is 0 Å². The number of hydrogen-bond donors (Lipinski definition) is 2. The van der Waals surface area contributed by atoms with Crippen molar-refractivity contribution in [3.8, 4) is 5.75 Å². The van der Waals surface area contributed by atoms with Gasteiger partial charge in [0, 0.05) is 5.69 Å². The first-order valence-corrected chi connectivity index (χ1v) is 7.08. The number of carboxylic acids is 1. The molecule has 0 spiro atoms. The normalized spacial score (nSPS) is 24.0. The van der Waals surface area contributed by atoms with Crippen molar-refractivity contribution in [3.05, 3.63) is 23.8 Å². The lowest BCUT2D eigenvalue weighted by Gasteiger charge is -2.18. The van der Waals surface area contributed by atoms with Gasteiger partial charge in [-0.3, -0.25) is 4.79 Å². The molecule has 0 radical (unpaired) electrons. The maximum absolute atomic E-state index is 12.1. The van der Waals surface area contributed by atoms with Crippen LogP contribution in [0.3, 0.4) is 0 Å². The number of carbonyl (C=O) groups excluding carboxylic acids is 1. The molecule has 2 aliphatic heterocycles. The van der Waals surface area contributed by atoms with Crippen molar-refractivity contribution in [3.63, 3.8) is 0 Å². The van der Waals surface area contributed by atoms with Crippen molar-refractivity contribution >= 4 is 17.6 Å². The zero-order valence-corrected chi connectivity index (χ0v) is 11.5. The van der Waals surface area contributed by atoms with E-state index in [1.54, 1.807) is 6.07 Å². The second-order valence-corrected chi connectivity index (χ2v) is 5.29. The maximum atomic E-state index is 12.1. The number of nitrogens with one attached hydrogen (secondary N) is 1. The Balaban J connectivity index is 1.64. The summed E-state index contributed by atoms with van der Waals surface area (Å²) in [6.45, 7) is 0.727. The molecule has 2 heterocycles. The molecular formula is C15H17NO5. The van der Waals surface area contributed by atoms with Gasteiger partial charge in [0.1, 0.15) is 11.9 Å². The maximum Gasteiger partial charge on any atom is 0.332 e. The van der Waals surface area contributed by atoms with E-state index < -0.39 is 18.2 Å². The molecule has 1 saturated heterocycles. The third kappa shape index (κ3) is 3.00. The number of hydrogen-bond acceptors (Lipinski definition) is 4. The van der Waals surface area contributed by atoms with Crippen LogP contribution in [0, 0.1) is 0 Å². The van der Waals surface area contributed by atoms with Gasteiger partial charge < -0.3 is 19.9 Å². The predicted molar refractivity (Wildman–Crippen MR) is 74.4 cm³/mol. The van der Waals surface area contributed by atoms with Crippen molar-refractivity contribution in [1.82, 2.24) is 0 Å². The van der Waals surface area contributed by atoms with E-state index in [0.29, 0.717) is 18.5 Å². The van der Waals surface area contributed by atoms with E-state index in [0.717, 1.165) is 30.8 Å². The highest BCUT2D eigenvalue weighted by Crippen LogP contribution is 2.28. The summed E-state index contributed by atoms with van der Waals surface area (Å²) in [7, 11) is 0. The number of anilines is 1. The summed E-state index contributed by atoms with van der Waals surface area (Å²) < 4.78 is 10.8. The number of carboxylic acid groups (broad SMARTS) is 1. The minimum absolute atomic E-state index is 0.296. The highest BCUT2D eigenvalue weighted by Gasteiger charge is 2.34. The second kappa shape index (κ2) is 5.73. The average molecular weight is 291 g/mol. The van der Waals surface area contributed by atoms with E-state index in [2.05, 4.69) is 5.32 Å². The summed E-state index contributed by atoms with van der Waals surface area (Å²) in [4.78, 5) is 22.9. The van der Waals surface area contributed by atoms with Crippen LogP contribution in [0.2, 0.25) is 0 Å². The van der Waals surface area contributed by atoms with Crippen LogP contribution in [0.15, 0.2) is 18.2 Å². The predicted octanol–water partition coefficient (Wildman–Crippen LogP) is 1.58. The van der Waals surface area contributed by atoms with Crippen LogP contribution in [-0.4, -0.2) is 35.8 Å². The summed E-state index contributed by atoms with van der Waals surface area (Å²) >= 11 is 0. The van der Waals surface area contributed by atoms with Crippen LogP contribution in [0.4, 0.5) is 5.69 Å². The lowest BCUT2D eigenvalue weighted by atomic mass is 10.1. The number of carbonyl (C=O) groups is 2. The first-order valence-electron chi connectivity index (χ1n) is 7.08. The molecule has 0 unspecified atom stereocenters. The third-order valence-corrected chi connectivity index (χ3v) is 3.76. The summed E-state index contributed by atoms with van der Waals surface area (Å²) in [5, 5.41) is 11.6. The Bertz CT molecular complexity index is 571. The monoisotopic (exact) mass is 291 g/mol. The second-order valence-electron chi connectivity index (χ2n) is 5.29. The number of aliphatic carboxylic acids is 1. The Morgan fingerprint density at radius 1 is 1.24 bits per heavy atom. The van der Waals surface area contributed by atoms with Crippen LogP contribution in [-0.2, 0) is 20.7 Å². The Hall–Kier alpha value is -2.08. The van der Waals surface area contributed by atoms with Crippen LogP contribution >= 0.6 is 0 Å². The molecule has 6 nitrogen and oxygen atoms in total. The number of ether oxygens (including phenoxy) is 2. The van der Waals surface area contributed by atoms with Gasteiger partial charge in [-0.1, -0.05) is 0 Å². The minimum atomic E-state index is -1.02. The zero-order chi connectivity index (χ0) is 14.8. The molecule has 1 aromatic rings. The van der Waals surface area contributed by atoms with Crippen molar-refractivity contribution in [2.24, 2.45) is 0 Å². The minimum Gasteiger partial charge on any atom is -0.493 e. The Labute approximate surface area is 122 Å². The fourth-order valence-electron chi connectivity index (χ4n) is 2.67. The van der Waals surface area contributed by atoms with Crippen molar-refractivity contribution in [2.75, 3.05) is 11.9 Å². The number of aryl methyl sites for hydroxylation is 1.